The van der Waals surface area contributed by atoms with E-state index in [0.29, 0.717) is 12.1 Å². The van der Waals surface area contributed by atoms with Crippen molar-refractivity contribution in [3.63, 3.8) is 0 Å². The lowest BCUT2D eigenvalue weighted by Crippen LogP contribution is -2.40. The molecule has 84 valence electrons. The molecule has 0 unspecified atom stereocenters. The van der Waals surface area contributed by atoms with E-state index in [1.165, 1.54) is 4.90 Å². The van der Waals surface area contributed by atoms with Gasteiger partial charge in [-0.2, -0.15) is 0 Å². The topological polar surface area (TPSA) is 49.8 Å². The Balaban J connectivity index is 2.02. The summed E-state index contributed by atoms with van der Waals surface area (Å²) in [5.74, 6) is -0.0597. The van der Waals surface area contributed by atoms with E-state index in [-0.39, 0.29) is 12.0 Å². The van der Waals surface area contributed by atoms with Gasteiger partial charge in [-0.05, 0) is 32.3 Å². The van der Waals surface area contributed by atoms with E-state index >= 15 is 0 Å². The van der Waals surface area contributed by atoms with Crippen LogP contribution in [0.3, 0.4) is 0 Å². The van der Waals surface area contributed by atoms with Gasteiger partial charge in [-0.1, -0.05) is 0 Å². The monoisotopic (exact) mass is 211 g/mol. The van der Waals surface area contributed by atoms with E-state index in [4.69, 9.17) is 4.74 Å². The van der Waals surface area contributed by atoms with Gasteiger partial charge in [0.25, 0.3) is 5.91 Å². The summed E-state index contributed by atoms with van der Waals surface area (Å²) >= 11 is 0. The Morgan fingerprint density at radius 3 is 2.73 bits per heavy atom. The summed E-state index contributed by atoms with van der Waals surface area (Å²) in [5, 5.41) is 9.85. The quantitative estimate of drug-likeness (QED) is 0.730. The van der Waals surface area contributed by atoms with Gasteiger partial charge in [0.15, 0.2) is 6.23 Å². The third-order valence-electron chi connectivity index (χ3n) is 3.28. The molecule has 1 amide bonds. The van der Waals surface area contributed by atoms with Crippen LogP contribution in [0, 0.1) is 0 Å². The summed E-state index contributed by atoms with van der Waals surface area (Å²) in [4.78, 5) is 13.3. The second-order valence-corrected chi connectivity index (χ2v) is 4.27. The van der Waals surface area contributed by atoms with Crippen LogP contribution in [0.4, 0.5) is 0 Å². The van der Waals surface area contributed by atoms with Crippen molar-refractivity contribution in [1.82, 2.24) is 4.90 Å². The van der Waals surface area contributed by atoms with Gasteiger partial charge in [-0.25, -0.2) is 0 Å². The number of carbonyl (C=O) groups is 1. The molecule has 4 nitrogen and oxygen atoms in total. The number of aliphatic hydroxyl groups is 1. The van der Waals surface area contributed by atoms with E-state index in [2.05, 4.69) is 0 Å². The highest BCUT2D eigenvalue weighted by atomic mass is 16.5. The minimum atomic E-state index is -0.748. The highest BCUT2D eigenvalue weighted by Crippen LogP contribution is 2.25. The van der Waals surface area contributed by atoms with Crippen molar-refractivity contribution in [1.29, 1.82) is 0 Å². The number of nitrogens with zero attached hydrogens (tertiary/aromatic N) is 1. The average molecular weight is 211 g/mol. The molecule has 4 heteroatoms. The second-order valence-electron chi connectivity index (χ2n) is 4.27. The maximum absolute atomic E-state index is 11.8. The summed E-state index contributed by atoms with van der Waals surface area (Å²) in [6, 6.07) is 0. The lowest BCUT2D eigenvalue weighted by molar-refractivity contribution is -0.134. The molecule has 1 fully saturated rings. The van der Waals surface area contributed by atoms with Crippen molar-refractivity contribution in [2.75, 3.05) is 13.2 Å². The van der Waals surface area contributed by atoms with Crippen LogP contribution in [0.25, 0.3) is 0 Å². The fourth-order valence-electron chi connectivity index (χ4n) is 2.11. The third-order valence-corrected chi connectivity index (χ3v) is 3.28. The van der Waals surface area contributed by atoms with Gasteiger partial charge in [0.2, 0.25) is 0 Å². The van der Waals surface area contributed by atoms with Gasteiger partial charge < -0.3 is 14.7 Å². The molecule has 0 aromatic rings. The molecule has 15 heavy (non-hydrogen) atoms. The van der Waals surface area contributed by atoms with Crippen LogP contribution in [0.2, 0.25) is 0 Å². The van der Waals surface area contributed by atoms with Crippen molar-refractivity contribution >= 4 is 5.91 Å². The summed E-state index contributed by atoms with van der Waals surface area (Å²) < 4.78 is 5.46. The normalized spacial score (nSPS) is 31.9. The Morgan fingerprint density at radius 1 is 1.53 bits per heavy atom. The van der Waals surface area contributed by atoms with E-state index < -0.39 is 6.23 Å². The lowest BCUT2D eigenvalue weighted by atomic mass is 10.2. The molecule has 1 saturated heterocycles. The molecule has 0 spiro atoms. The Labute approximate surface area is 89.5 Å². The first-order valence-corrected chi connectivity index (χ1v) is 5.39. The molecule has 2 atom stereocenters. The fraction of sp³-hybridized carbons (Fsp3) is 0.727. The van der Waals surface area contributed by atoms with Crippen LogP contribution in [-0.2, 0) is 9.53 Å². The van der Waals surface area contributed by atoms with Crippen molar-refractivity contribution in [2.24, 2.45) is 0 Å². The maximum atomic E-state index is 11.8. The highest BCUT2D eigenvalue weighted by molar-refractivity contribution is 5.96. The number of carbonyl (C=O) groups excluding carboxylic acids is 1. The number of amides is 1. The Kier molecular flexibility index (Phi) is 2.80. The van der Waals surface area contributed by atoms with Crippen molar-refractivity contribution in [3.05, 3.63) is 11.1 Å². The van der Waals surface area contributed by atoms with E-state index in [1.54, 1.807) is 13.8 Å². The molecular weight excluding hydrogens is 194 g/mol. The lowest BCUT2D eigenvalue weighted by Gasteiger charge is -2.24. The first-order chi connectivity index (χ1) is 7.11. The summed E-state index contributed by atoms with van der Waals surface area (Å²) in [6.07, 6.45) is 1.38. The minimum Gasteiger partial charge on any atom is -0.376 e. The van der Waals surface area contributed by atoms with Crippen molar-refractivity contribution < 1.29 is 14.6 Å². The van der Waals surface area contributed by atoms with Crippen LogP contribution in [-0.4, -0.2) is 41.4 Å². The van der Waals surface area contributed by atoms with Gasteiger partial charge in [-0.3, -0.25) is 4.79 Å². The molecule has 2 aliphatic heterocycles. The number of hydrogen-bond donors (Lipinski definition) is 1. The zero-order valence-electron chi connectivity index (χ0n) is 9.19. The maximum Gasteiger partial charge on any atom is 0.251 e. The van der Waals surface area contributed by atoms with E-state index in [1.807, 2.05) is 0 Å². The Bertz CT molecular complexity index is 305. The molecule has 0 saturated carbocycles. The van der Waals surface area contributed by atoms with Gasteiger partial charge >= 0.3 is 0 Å². The van der Waals surface area contributed by atoms with E-state index in [0.717, 1.165) is 25.0 Å². The zero-order valence-corrected chi connectivity index (χ0v) is 9.19. The standard InChI is InChI=1S/C11H17NO3/c1-7-8(2)11(14)12(10(7)13)6-9-4-3-5-15-9/h9-10,13H,3-6H2,1-2H3/t9-,10+/m1/s1. The smallest absolute Gasteiger partial charge is 0.251 e. The molecule has 0 radical (unpaired) electrons. The first kappa shape index (κ1) is 10.6. The van der Waals surface area contributed by atoms with Crippen LogP contribution < -0.4 is 0 Å². The van der Waals surface area contributed by atoms with Crippen molar-refractivity contribution in [3.8, 4) is 0 Å². The number of hydrogen-bond acceptors (Lipinski definition) is 3. The molecule has 2 rings (SSSR count). The van der Waals surface area contributed by atoms with Crippen LogP contribution >= 0.6 is 0 Å². The van der Waals surface area contributed by atoms with Gasteiger partial charge in [0.1, 0.15) is 0 Å². The molecule has 1 N–H and O–H groups in total. The molecular formula is C11H17NO3. The molecule has 0 bridgehead atoms. The molecule has 0 aromatic heterocycles. The second kappa shape index (κ2) is 3.94. The van der Waals surface area contributed by atoms with Gasteiger partial charge in [-0.15, -0.1) is 0 Å². The predicted molar refractivity (Wildman–Crippen MR) is 55.1 cm³/mol. The van der Waals surface area contributed by atoms with Crippen LogP contribution in [0.5, 0.6) is 0 Å². The molecule has 0 aliphatic carbocycles. The van der Waals surface area contributed by atoms with Crippen LogP contribution in [0.15, 0.2) is 11.1 Å². The molecule has 0 aromatic carbocycles. The van der Waals surface area contributed by atoms with E-state index in [9.17, 15) is 9.90 Å². The number of ether oxygens (including phenoxy) is 1. The summed E-state index contributed by atoms with van der Waals surface area (Å²) in [6.45, 7) is 4.84. The molecule has 2 heterocycles. The van der Waals surface area contributed by atoms with Crippen LogP contribution in [0.1, 0.15) is 26.7 Å². The highest BCUT2D eigenvalue weighted by Gasteiger charge is 2.35. The zero-order chi connectivity index (χ0) is 11.0. The van der Waals surface area contributed by atoms with Crippen molar-refractivity contribution in [2.45, 2.75) is 39.0 Å². The Hall–Kier alpha value is -0.870. The Morgan fingerprint density at radius 2 is 2.27 bits per heavy atom. The number of rotatable bonds is 2. The minimum absolute atomic E-state index is 0.0597. The first-order valence-electron chi connectivity index (χ1n) is 5.39. The van der Waals surface area contributed by atoms with Gasteiger partial charge in [0.05, 0.1) is 12.6 Å². The SMILES string of the molecule is CC1=C(C)[C@H](O)N(C[C@H]2CCCO2)C1=O. The largest absolute Gasteiger partial charge is 0.376 e. The predicted octanol–water partition coefficient (Wildman–Crippen LogP) is 0.662. The number of aliphatic hydroxyl groups excluding tert-OH is 1. The average Bonchev–Trinajstić information content (AvgIpc) is 2.79. The fourth-order valence-corrected chi connectivity index (χ4v) is 2.11. The molecule has 2 aliphatic rings. The third kappa shape index (κ3) is 1.79. The summed E-state index contributed by atoms with van der Waals surface area (Å²) in [7, 11) is 0. The summed E-state index contributed by atoms with van der Waals surface area (Å²) in [5.41, 5.74) is 1.43. The van der Waals surface area contributed by atoms with Gasteiger partial charge in [0, 0.05) is 12.2 Å².